The second kappa shape index (κ2) is 4.09. The highest BCUT2D eigenvalue weighted by Crippen LogP contribution is 2.21. The molecule has 0 aliphatic heterocycles. The Labute approximate surface area is 91.1 Å². The second-order valence-electron chi connectivity index (χ2n) is 4.66. The third kappa shape index (κ3) is 2.41. The van der Waals surface area contributed by atoms with E-state index < -0.39 is 0 Å². The number of furan rings is 1. The van der Waals surface area contributed by atoms with Crippen molar-refractivity contribution in [1.29, 1.82) is 0 Å². The first-order valence-corrected chi connectivity index (χ1v) is 5.64. The highest BCUT2D eigenvalue weighted by atomic mass is 16.3. The molecule has 0 saturated carbocycles. The normalized spacial score (nSPS) is 11.5. The van der Waals surface area contributed by atoms with E-state index in [1.807, 2.05) is 6.92 Å². The lowest BCUT2D eigenvalue weighted by molar-refractivity contribution is 0.577. The van der Waals surface area contributed by atoms with Gasteiger partial charge in [0.15, 0.2) is 0 Å². The standard InChI is InChI=1S/C14H18O/c1-10(2)4-5-12-6-7-14-13(9-12)8-11(3)15-14/h6-10H,4-5H2,1-3H3. The molecule has 0 atom stereocenters. The lowest BCUT2D eigenvalue weighted by Crippen LogP contribution is -1.91. The summed E-state index contributed by atoms with van der Waals surface area (Å²) in [6.45, 7) is 6.52. The predicted octanol–water partition coefficient (Wildman–Crippen LogP) is 4.33. The van der Waals surface area contributed by atoms with Gasteiger partial charge < -0.3 is 4.42 Å². The van der Waals surface area contributed by atoms with Crippen LogP contribution in [0.2, 0.25) is 0 Å². The molecule has 0 unspecified atom stereocenters. The Morgan fingerprint density at radius 2 is 2.00 bits per heavy atom. The fourth-order valence-electron chi connectivity index (χ4n) is 1.84. The second-order valence-corrected chi connectivity index (χ2v) is 4.66. The van der Waals surface area contributed by atoms with Crippen LogP contribution in [0.3, 0.4) is 0 Å². The van der Waals surface area contributed by atoms with Gasteiger partial charge in [-0.05, 0) is 49.4 Å². The van der Waals surface area contributed by atoms with Gasteiger partial charge in [-0.2, -0.15) is 0 Å². The number of hydrogen-bond donors (Lipinski definition) is 0. The Hall–Kier alpha value is -1.24. The van der Waals surface area contributed by atoms with Crippen molar-refractivity contribution in [1.82, 2.24) is 0 Å². The number of hydrogen-bond acceptors (Lipinski definition) is 1. The Kier molecular flexibility index (Phi) is 2.81. The molecule has 0 fully saturated rings. The summed E-state index contributed by atoms with van der Waals surface area (Å²) in [4.78, 5) is 0. The molecule has 2 aromatic rings. The Balaban J connectivity index is 2.22. The van der Waals surface area contributed by atoms with E-state index in [2.05, 4.69) is 38.1 Å². The van der Waals surface area contributed by atoms with Crippen LogP contribution in [0.5, 0.6) is 0 Å². The summed E-state index contributed by atoms with van der Waals surface area (Å²) in [5.41, 5.74) is 2.41. The number of benzene rings is 1. The average molecular weight is 202 g/mol. The van der Waals surface area contributed by atoms with Crippen LogP contribution < -0.4 is 0 Å². The predicted molar refractivity (Wildman–Crippen MR) is 64.1 cm³/mol. The molecule has 1 aromatic carbocycles. The maximum atomic E-state index is 5.55. The SMILES string of the molecule is Cc1cc2cc(CCC(C)C)ccc2o1. The molecule has 0 saturated heterocycles. The molecule has 1 heterocycles. The van der Waals surface area contributed by atoms with Crippen molar-refractivity contribution < 1.29 is 4.42 Å². The van der Waals surface area contributed by atoms with Crippen LogP contribution in [0.25, 0.3) is 11.0 Å². The lowest BCUT2D eigenvalue weighted by Gasteiger charge is -2.04. The van der Waals surface area contributed by atoms with E-state index in [1.165, 1.54) is 17.4 Å². The summed E-state index contributed by atoms with van der Waals surface area (Å²) in [5, 5.41) is 1.23. The summed E-state index contributed by atoms with van der Waals surface area (Å²) in [7, 11) is 0. The molecule has 0 radical (unpaired) electrons. The van der Waals surface area contributed by atoms with E-state index in [0.29, 0.717) is 0 Å². The largest absolute Gasteiger partial charge is 0.461 e. The third-order valence-electron chi connectivity index (χ3n) is 2.71. The smallest absolute Gasteiger partial charge is 0.134 e. The monoisotopic (exact) mass is 202 g/mol. The first-order valence-electron chi connectivity index (χ1n) is 5.64. The van der Waals surface area contributed by atoms with Gasteiger partial charge in [-0.25, -0.2) is 0 Å². The topological polar surface area (TPSA) is 13.1 Å². The van der Waals surface area contributed by atoms with E-state index in [1.54, 1.807) is 0 Å². The van der Waals surface area contributed by atoms with Gasteiger partial charge >= 0.3 is 0 Å². The van der Waals surface area contributed by atoms with Crippen molar-refractivity contribution in [2.75, 3.05) is 0 Å². The Morgan fingerprint density at radius 3 is 2.73 bits per heavy atom. The molecule has 0 bridgehead atoms. The van der Waals surface area contributed by atoms with Gasteiger partial charge in [-0.1, -0.05) is 19.9 Å². The van der Waals surface area contributed by atoms with Gasteiger partial charge in [0, 0.05) is 5.39 Å². The van der Waals surface area contributed by atoms with Gasteiger partial charge in [0.1, 0.15) is 11.3 Å². The molecule has 0 N–H and O–H groups in total. The quantitative estimate of drug-likeness (QED) is 0.722. The minimum Gasteiger partial charge on any atom is -0.461 e. The number of rotatable bonds is 3. The van der Waals surface area contributed by atoms with Crippen LogP contribution in [0.15, 0.2) is 28.7 Å². The van der Waals surface area contributed by atoms with Gasteiger partial charge in [0.2, 0.25) is 0 Å². The van der Waals surface area contributed by atoms with Crippen molar-refractivity contribution in [2.24, 2.45) is 5.92 Å². The molecule has 0 aliphatic rings. The zero-order valence-electron chi connectivity index (χ0n) is 9.71. The van der Waals surface area contributed by atoms with Crippen molar-refractivity contribution in [2.45, 2.75) is 33.6 Å². The van der Waals surface area contributed by atoms with Crippen molar-refractivity contribution in [3.8, 4) is 0 Å². The molecular weight excluding hydrogens is 184 g/mol. The van der Waals surface area contributed by atoms with E-state index in [-0.39, 0.29) is 0 Å². The third-order valence-corrected chi connectivity index (χ3v) is 2.71. The molecule has 1 heteroatoms. The summed E-state index contributed by atoms with van der Waals surface area (Å²) in [6, 6.07) is 8.61. The van der Waals surface area contributed by atoms with E-state index in [4.69, 9.17) is 4.42 Å². The van der Waals surface area contributed by atoms with Crippen LogP contribution in [0.1, 0.15) is 31.6 Å². The molecule has 2 rings (SSSR count). The maximum absolute atomic E-state index is 5.55. The van der Waals surface area contributed by atoms with Crippen LogP contribution in [-0.4, -0.2) is 0 Å². The molecule has 0 spiro atoms. The van der Waals surface area contributed by atoms with Gasteiger partial charge in [-0.15, -0.1) is 0 Å². The fraction of sp³-hybridized carbons (Fsp3) is 0.429. The average Bonchev–Trinajstić information content (AvgIpc) is 2.53. The van der Waals surface area contributed by atoms with Gasteiger partial charge in [0.25, 0.3) is 0 Å². The van der Waals surface area contributed by atoms with Gasteiger partial charge in [-0.3, -0.25) is 0 Å². The molecule has 1 nitrogen and oxygen atoms in total. The molecule has 0 amide bonds. The minimum absolute atomic E-state index is 0.770. The Bertz CT molecular complexity index is 451. The molecule has 0 aliphatic carbocycles. The zero-order chi connectivity index (χ0) is 10.8. The van der Waals surface area contributed by atoms with Crippen LogP contribution in [0.4, 0.5) is 0 Å². The summed E-state index contributed by atoms with van der Waals surface area (Å²) < 4.78 is 5.55. The Morgan fingerprint density at radius 1 is 1.20 bits per heavy atom. The first-order chi connectivity index (χ1) is 7.15. The highest BCUT2D eigenvalue weighted by Gasteiger charge is 2.02. The highest BCUT2D eigenvalue weighted by molar-refractivity contribution is 5.78. The van der Waals surface area contributed by atoms with E-state index in [0.717, 1.165) is 23.7 Å². The summed E-state index contributed by atoms with van der Waals surface area (Å²) >= 11 is 0. The first kappa shape index (κ1) is 10.3. The van der Waals surface area contributed by atoms with Gasteiger partial charge in [0.05, 0.1) is 0 Å². The molecule has 15 heavy (non-hydrogen) atoms. The number of aryl methyl sites for hydroxylation is 2. The van der Waals surface area contributed by atoms with Crippen LogP contribution >= 0.6 is 0 Å². The maximum Gasteiger partial charge on any atom is 0.134 e. The fourth-order valence-corrected chi connectivity index (χ4v) is 1.84. The van der Waals surface area contributed by atoms with E-state index in [9.17, 15) is 0 Å². The van der Waals surface area contributed by atoms with Crippen molar-refractivity contribution in [3.05, 3.63) is 35.6 Å². The summed E-state index contributed by atoms with van der Waals surface area (Å²) in [5.74, 6) is 1.76. The zero-order valence-corrected chi connectivity index (χ0v) is 9.71. The van der Waals surface area contributed by atoms with E-state index >= 15 is 0 Å². The molecular formula is C14H18O. The molecule has 80 valence electrons. The van der Waals surface area contributed by atoms with Crippen molar-refractivity contribution >= 4 is 11.0 Å². The van der Waals surface area contributed by atoms with Crippen LogP contribution in [-0.2, 0) is 6.42 Å². The van der Waals surface area contributed by atoms with Crippen molar-refractivity contribution in [3.63, 3.8) is 0 Å². The summed E-state index contributed by atoms with van der Waals surface area (Å²) in [6.07, 6.45) is 2.42. The lowest BCUT2D eigenvalue weighted by atomic mass is 10.0. The van der Waals surface area contributed by atoms with Crippen LogP contribution in [0, 0.1) is 12.8 Å². The minimum atomic E-state index is 0.770. The molecule has 1 aromatic heterocycles. The number of fused-ring (bicyclic) bond motifs is 1.